The zero-order chi connectivity index (χ0) is 12.0. The van der Waals surface area contributed by atoms with Gasteiger partial charge in [-0.3, -0.25) is 4.79 Å². The van der Waals surface area contributed by atoms with Crippen LogP contribution in [0.1, 0.15) is 4.88 Å². The van der Waals surface area contributed by atoms with Crippen LogP contribution in [-0.4, -0.2) is 30.9 Å². The van der Waals surface area contributed by atoms with Crippen molar-refractivity contribution in [3.63, 3.8) is 0 Å². The average Bonchev–Trinajstić information content (AvgIpc) is 2.64. The number of likely N-dealkylation sites (N-methyl/N-ethyl adjacent to an activating group) is 1. The molecule has 0 aliphatic rings. The first kappa shape index (κ1) is 13.2. The third-order valence-electron chi connectivity index (χ3n) is 2.01. The molecule has 0 saturated carbocycles. The van der Waals surface area contributed by atoms with Crippen LogP contribution in [-0.2, 0) is 11.3 Å². The highest BCUT2D eigenvalue weighted by Crippen LogP contribution is 2.22. The molecule has 0 aromatic carbocycles. The fourth-order valence-corrected chi connectivity index (χ4v) is 2.32. The van der Waals surface area contributed by atoms with Crippen molar-refractivity contribution in [2.45, 2.75) is 6.54 Å². The third kappa shape index (κ3) is 4.35. The molecule has 5 heteroatoms. The van der Waals surface area contributed by atoms with Gasteiger partial charge in [0.2, 0.25) is 5.91 Å². The monoisotopic (exact) mass is 258 g/mol. The number of carbonyl (C=O) groups is 1. The maximum absolute atomic E-state index is 11.6. The van der Waals surface area contributed by atoms with Crippen LogP contribution in [0.15, 0.2) is 24.8 Å². The van der Waals surface area contributed by atoms with Gasteiger partial charge in [0.05, 0.1) is 17.4 Å². The first-order valence-electron chi connectivity index (χ1n) is 4.93. The van der Waals surface area contributed by atoms with Gasteiger partial charge in [0.15, 0.2) is 0 Å². The normalized spacial score (nSPS) is 10.1. The molecule has 88 valence electrons. The van der Waals surface area contributed by atoms with Crippen LogP contribution < -0.4 is 5.32 Å². The Balaban J connectivity index is 2.36. The molecular weight excluding hydrogens is 244 g/mol. The fourth-order valence-electron chi connectivity index (χ4n) is 1.17. The largest absolute Gasteiger partial charge is 0.340 e. The van der Waals surface area contributed by atoms with Gasteiger partial charge in [-0.2, -0.15) is 0 Å². The first-order chi connectivity index (χ1) is 7.63. The van der Waals surface area contributed by atoms with Crippen molar-refractivity contribution in [2.75, 3.05) is 20.1 Å². The van der Waals surface area contributed by atoms with E-state index >= 15 is 0 Å². The molecule has 1 amide bonds. The van der Waals surface area contributed by atoms with E-state index in [1.807, 2.05) is 12.1 Å². The first-order valence-corrected chi connectivity index (χ1v) is 6.12. The van der Waals surface area contributed by atoms with Gasteiger partial charge in [0, 0.05) is 18.5 Å². The van der Waals surface area contributed by atoms with Crippen molar-refractivity contribution in [3.8, 4) is 0 Å². The highest BCUT2D eigenvalue weighted by molar-refractivity contribution is 7.16. The molecule has 0 aliphatic carbocycles. The molecule has 0 fully saturated rings. The van der Waals surface area contributed by atoms with Crippen LogP contribution in [0.2, 0.25) is 4.34 Å². The molecule has 1 N–H and O–H groups in total. The van der Waals surface area contributed by atoms with Crippen molar-refractivity contribution in [3.05, 3.63) is 34.0 Å². The molecule has 1 rings (SSSR count). The molecule has 1 heterocycles. The zero-order valence-electron chi connectivity index (χ0n) is 9.20. The maximum Gasteiger partial charge on any atom is 0.236 e. The van der Waals surface area contributed by atoms with E-state index in [1.165, 1.54) is 11.3 Å². The Bertz CT molecular complexity index is 365. The van der Waals surface area contributed by atoms with Crippen molar-refractivity contribution in [2.24, 2.45) is 0 Å². The minimum atomic E-state index is 0.0615. The molecule has 1 aromatic heterocycles. The molecule has 16 heavy (non-hydrogen) atoms. The lowest BCUT2D eigenvalue weighted by Crippen LogP contribution is -2.35. The van der Waals surface area contributed by atoms with E-state index in [2.05, 4.69) is 11.9 Å². The molecule has 0 bridgehead atoms. The quantitative estimate of drug-likeness (QED) is 0.626. The number of hydrogen-bond acceptors (Lipinski definition) is 3. The Hall–Kier alpha value is -0.840. The average molecular weight is 259 g/mol. The molecule has 1 aromatic rings. The molecule has 0 unspecified atom stereocenters. The number of halogens is 1. The summed E-state index contributed by atoms with van der Waals surface area (Å²) in [5.41, 5.74) is 0. The Morgan fingerprint density at radius 2 is 2.44 bits per heavy atom. The summed E-state index contributed by atoms with van der Waals surface area (Å²) < 4.78 is 0.751. The fraction of sp³-hybridized carbons (Fsp3) is 0.364. The Labute approximate surface area is 105 Å². The number of thiophene rings is 1. The molecule has 0 saturated heterocycles. The second kappa shape index (κ2) is 6.68. The lowest BCUT2D eigenvalue weighted by molar-refractivity contribution is -0.129. The van der Waals surface area contributed by atoms with Crippen LogP contribution in [0.3, 0.4) is 0 Å². The maximum atomic E-state index is 11.6. The van der Waals surface area contributed by atoms with Crippen LogP contribution >= 0.6 is 22.9 Å². The van der Waals surface area contributed by atoms with Gasteiger partial charge in [-0.25, -0.2) is 0 Å². The lowest BCUT2D eigenvalue weighted by atomic mass is 10.4. The summed E-state index contributed by atoms with van der Waals surface area (Å²) >= 11 is 7.31. The molecule has 0 spiro atoms. The highest BCUT2D eigenvalue weighted by Gasteiger charge is 2.09. The highest BCUT2D eigenvalue weighted by atomic mass is 35.5. The van der Waals surface area contributed by atoms with Crippen molar-refractivity contribution >= 4 is 28.8 Å². The summed E-state index contributed by atoms with van der Waals surface area (Å²) in [5.74, 6) is 0.0615. The predicted octanol–water partition coefficient (Wildman–Crippen LogP) is 2.14. The minimum Gasteiger partial charge on any atom is -0.340 e. The van der Waals surface area contributed by atoms with Crippen molar-refractivity contribution in [1.29, 1.82) is 0 Å². The predicted molar refractivity (Wildman–Crippen MR) is 68.9 cm³/mol. The number of amides is 1. The summed E-state index contributed by atoms with van der Waals surface area (Å²) in [6, 6.07) is 3.78. The standard InChI is InChI=1S/C11H15ClN2OS/c1-3-6-13-7-11(15)14(2)8-9-4-5-10(12)16-9/h3-5,13H,1,6-8H2,2H3. The number of nitrogens with zero attached hydrogens (tertiary/aromatic N) is 1. The van der Waals surface area contributed by atoms with Gasteiger partial charge in [0.25, 0.3) is 0 Å². The molecule has 0 radical (unpaired) electrons. The molecule has 0 aliphatic heterocycles. The van der Waals surface area contributed by atoms with E-state index in [0.717, 1.165) is 9.21 Å². The summed E-state index contributed by atoms with van der Waals surface area (Å²) in [4.78, 5) is 14.4. The van der Waals surface area contributed by atoms with Gasteiger partial charge in [0.1, 0.15) is 0 Å². The molecule has 0 atom stereocenters. The van der Waals surface area contributed by atoms with Gasteiger partial charge >= 0.3 is 0 Å². The lowest BCUT2D eigenvalue weighted by Gasteiger charge is -2.16. The third-order valence-corrected chi connectivity index (χ3v) is 3.23. The van der Waals surface area contributed by atoms with Crippen LogP contribution in [0.4, 0.5) is 0 Å². The van der Waals surface area contributed by atoms with Crippen molar-refractivity contribution < 1.29 is 4.79 Å². The Morgan fingerprint density at radius 1 is 1.69 bits per heavy atom. The topological polar surface area (TPSA) is 32.3 Å². The Kier molecular flexibility index (Phi) is 5.52. The van der Waals surface area contributed by atoms with E-state index < -0.39 is 0 Å². The SMILES string of the molecule is C=CCNCC(=O)N(C)Cc1ccc(Cl)s1. The Morgan fingerprint density at radius 3 is 3.00 bits per heavy atom. The van der Waals surface area contributed by atoms with Crippen molar-refractivity contribution in [1.82, 2.24) is 10.2 Å². The van der Waals surface area contributed by atoms with E-state index in [-0.39, 0.29) is 5.91 Å². The summed E-state index contributed by atoms with van der Waals surface area (Å²) in [6.45, 7) is 5.15. The van der Waals surface area contributed by atoms with Gasteiger partial charge in [-0.15, -0.1) is 17.9 Å². The van der Waals surface area contributed by atoms with Crippen LogP contribution in [0, 0.1) is 0 Å². The van der Waals surface area contributed by atoms with E-state index in [0.29, 0.717) is 19.6 Å². The summed E-state index contributed by atoms with van der Waals surface area (Å²) in [5, 5.41) is 2.97. The van der Waals surface area contributed by atoms with Gasteiger partial charge in [-0.05, 0) is 12.1 Å². The number of nitrogens with one attached hydrogen (secondary N) is 1. The summed E-state index contributed by atoms with van der Waals surface area (Å²) in [7, 11) is 1.78. The van der Waals surface area contributed by atoms with Gasteiger partial charge < -0.3 is 10.2 Å². The molecular formula is C11H15ClN2OS. The smallest absolute Gasteiger partial charge is 0.236 e. The molecule has 3 nitrogen and oxygen atoms in total. The number of carbonyl (C=O) groups excluding carboxylic acids is 1. The van der Waals surface area contributed by atoms with E-state index in [1.54, 1.807) is 18.0 Å². The zero-order valence-corrected chi connectivity index (χ0v) is 10.8. The second-order valence-electron chi connectivity index (χ2n) is 3.38. The van der Waals surface area contributed by atoms with E-state index in [9.17, 15) is 4.79 Å². The summed E-state index contributed by atoms with van der Waals surface area (Å²) in [6.07, 6.45) is 1.73. The minimum absolute atomic E-state index is 0.0615. The van der Waals surface area contributed by atoms with Crippen LogP contribution in [0.5, 0.6) is 0 Å². The van der Waals surface area contributed by atoms with Gasteiger partial charge in [-0.1, -0.05) is 17.7 Å². The van der Waals surface area contributed by atoms with Crippen LogP contribution in [0.25, 0.3) is 0 Å². The number of hydrogen-bond donors (Lipinski definition) is 1. The van der Waals surface area contributed by atoms with E-state index in [4.69, 9.17) is 11.6 Å². The number of rotatable bonds is 6. The second-order valence-corrected chi connectivity index (χ2v) is 5.17.